The zero-order valence-corrected chi connectivity index (χ0v) is 9.53. The quantitative estimate of drug-likeness (QED) is 0.893. The molecule has 2 aromatic heterocycles. The molecule has 0 spiro atoms. The third kappa shape index (κ3) is 1.88. The molecule has 0 bridgehead atoms. The van der Waals surface area contributed by atoms with Crippen LogP contribution in [0.1, 0.15) is 17.8 Å². The first-order valence-electron chi connectivity index (χ1n) is 4.93. The zero-order valence-electron chi connectivity index (χ0n) is 8.77. The van der Waals surface area contributed by atoms with Crippen LogP contribution in [0.5, 0.6) is 0 Å². The van der Waals surface area contributed by atoms with E-state index in [1.165, 1.54) is 0 Å². The zero-order chi connectivity index (χ0) is 11.7. The van der Waals surface area contributed by atoms with Crippen molar-refractivity contribution in [2.45, 2.75) is 19.8 Å². The van der Waals surface area contributed by atoms with Crippen LogP contribution in [-0.4, -0.2) is 20.5 Å². The predicted octanol–water partition coefficient (Wildman–Crippen LogP) is 2.31. The van der Waals surface area contributed by atoms with Gasteiger partial charge in [-0.25, -0.2) is 4.98 Å². The topological polar surface area (TPSA) is 54.6 Å². The Morgan fingerprint density at radius 2 is 2.38 bits per heavy atom. The molecule has 0 amide bonds. The second-order valence-electron chi connectivity index (χ2n) is 3.62. The fourth-order valence-corrected chi connectivity index (χ4v) is 2.05. The van der Waals surface area contributed by atoms with Crippen molar-refractivity contribution >= 4 is 23.1 Å². The molecule has 0 fully saturated rings. The first kappa shape index (κ1) is 11.0. The monoisotopic (exact) mass is 238 g/mol. The van der Waals surface area contributed by atoms with Crippen LogP contribution in [0.25, 0.3) is 5.52 Å². The van der Waals surface area contributed by atoms with Crippen LogP contribution in [0, 0.1) is 6.92 Å². The summed E-state index contributed by atoms with van der Waals surface area (Å²) >= 11 is 6.02. The van der Waals surface area contributed by atoms with Gasteiger partial charge in [0, 0.05) is 12.6 Å². The number of imidazole rings is 1. The highest BCUT2D eigenvalue weighted by atomic mass is 35.5. The Bertz CT molecular complexity index is 548. The molecule has 0 saturated carbocycles. The van der Waals surface area contributed by atoms with E-state index in [2.05, 4.69) is 4.98 Å². The molecule has 0 saturated heterocycles. The highest BCUT2D eigenvalue weighted by molar-refractivity contribution is 6.32. The molecule has 2 aromatic rings. The van der Waals surface area contributed by atoms with Crippen LogP contribution in [0.4, 0.5) is 0 Å². The average molecular weight is 239 g/mol. The maximum atomic E-state index is 10.5. The Kier molecular flexibility index (Phi) is 2.83. The van der Waals surface area contributed by atoms with Gasteiger partial charge in [0.15, 0.2) is 5.15 Å². The SMILES string of the molecule is Cc1cccn2c(CCC(=O)O)nc(Cl)c12. The summed E-state index contributed by atoms with van der Waals surface area (Å²) in [5, 5.41) is 9.07. The van der Waals surface area contributed by atoms with Gasteiger partial charge in [-0.3, -0.25) is 4.79 Å². The van der Waals surface area contributed by atoms with Gasteiger partial charge >= 0.3 is 5.97 Å². The summed E-state index contributed by atoms with van der Waals surface area (Å²) in [4.78, 5) is 14.7. The molecule has 0 atom stereocenters. The molecule has 2 rings (SSSR count). The molecule has 1 N–H and O–H groups in total. The lowest BCUT2D eigenvalue weighted by atomic mass is 10.2. The minimum absolute atomic E-state index is 0.0589. The van der Waals surface area contributed by atoms with Gasteiger partial charge in [0.05, 0.1) is 11.9 Å². The minimum atomic E-state index is -0.833. The molecule has 0 aliphatic heterocycles. The smallest absolute Gasteiger partial charge is 0.303 e. The van der Waals surface area contributed by atoms with E-state index < -0.39 is 5.97 Å². The van der Waals surface area contributed by atoms with Crippen molar-refractivity contribution in [2.24, 2.45) is 0 Å². The van der Waals surface area contributed by atoms with Crippen LogP contribution < -0.4 is 0 Å². The Hall–Kier alpha value is -1.55. The number of aryl methyl sites for hydroxylation is 2. The fraction of sp³-hybridized carbons (Fsp3) is 0.273. The summed E-state index contributed by atoms with van der Waals surface area (Å²) in [6.07, 6.45) is 2.29. The molecule has 16 heavy (non-hydrogen) atoms. The molecular weight excluding hydrogens is 228 g/mol. The molecular formula is C11H11ClN2O2. The van der Waals surface area contributed by atoms with Gasteiger partial charge in [-0.2, -0.15) is 0 Å². The number of carboxylic acids is 1. The van der Waals surface area contributed by atoms with Crippen LogP contribution in [0.15, 0.2) is 18.3 Å². The first-order chi connectivity index (χ1) is 7.59. The number of halogens is 1. The van der Waals surface area contributed by atoms with Crippen LogP contribution in [0.2, 0.25) is 5.15 Å². The number of carboxylic acid groups (broad SMARTS) is 1. The fourth-order valence-electron chi connectivity index (χ4n) is 1.71. The Morgan fingerprint density at radius 3 is 3.06 bits per heavy atom. The van der Waals surface area contributed by atoms with Crippen LogP contribution >= 0.6 is 11.6 Å². The van der Waals surface area contributed by atoms with Crippen LogP contribution in [0.3, 0.4) is 0 Å². The van der Waals surface area contributed by atoms with Gasteiger partial charge in [0.1, 0.15) is 5.82 Å². The normalized spacial score (nSPS) is 10.9. The van der Waals surface area contributed by atoms with Crippen molar-refractivity contribution in [3.05, 3.63) is 34.9 Å². The van der Waals surface area contributed by atoms with Gasteiger partial charge in [0.25, 0.3) is 0 Å². The molecule has 5 heteroatoms. The van der Waals surface area contributed by atoms with E-state index in [9.17, 15) is 4.79 Å². The Labute approximate surface area is 97.5 Å². The summed E-state index contributed by atoms with van der Waals surface area (Å²) < 4.78 is 1.85. The number of aliphatic carboxylic acids is 1. The summed E-state index contributed by atoms with van der Waals surface area (Å²) in [6, 6.07) is 3.84. The number of pyridine rings is 1. The first-order valence-corrected chi connectivity index (χ1v) is 5.31. The lowest BCUT2D eigenvalue weighted by molar-refractivity contribution is -0.137. The van der Waals surface area contributed by atoms with Crippen molar-refractivity contribution in [3.63, 3.8) is 0 Å². The van der Waals surface area contributed by atoms with Gasteiger partial charge < -0.3 is 9.51 Å². The number of carbonyl (C=O) groups is 1. The molecule has 84 valence electrons. The van der Waals surface area contributed by atoms with E-state index in [-0.39, 0.29) is 6.42 Å². The summed E-state index contributed by atoms with van der Waals surface area (Å²) in [6.45, 7) is 1.95. The van der Waals surface area contributed by atoms with Gasteiger partial charge in [0.2, 0.25) is 0 Å². The Morgan fingerprint density at radius 1 is 1.62 bits per heavy atom. The number of hydrogen-bond donors (Lipinski definition) is 1. The van der Waals surface area contributed by atoms with Crippen molar-refractivity contribution < 1.29 is 9.90 Å². The molecule has 2 heterocycles. The number of nitrogens with zero attached hydrogens (tertiary/aromatic N) is 2. The lowest BCUT2D eigenvalue weighted by Crippen LogP contribution is -2.01. The molecule has 0 aromatic carbocycles. The molecule has 4 nitrogen and oxygen atoms in total. The highest BCUT2D eigenvalue weighted by Crippen LogP contribution is 2.22. The van der Waals surface area contributed by atoms with Crippen LogP contribution in [-0.2, 0) is 11.2 Å². The summed E-state index contributed by atoms with van der Waals surface area (Å²) in [7, 11) is 0. The van der Waals surface area contributed by atoms with Gasteiger partial charge in [-0.05, 0) is 18.6 Å². The average Bonchev–Trinajstić information content (AvgIpc) is 2.54. The van der Waals surface area contributed by atoms with E-state index in [4.69, 9.17) is 16.7 Å². The highest BCUT2D eigenvalue weighted by Gasteiger charge is 2.11. The lowest BCUT2D eigenvalue weighted by Gasteiger charge is -2.00. The van der Waals surface area contributed by atoms with Crippen molar-refractivity contribution in [2.75, 3.05) is 0 Å². The van der Waals surface area contributed by atoms with E-state index in [1.807, 2.05) is 29.7 Å². The largest absolute Gasteiger partial charge is 0.481 e. The third-order valence-electron chi connectivity index (χ3n) is 2.46. The number of rotatable bonds is 3. The third-order valence-corrected chi connectivity index (χ3v) is 2.72. The van der Waals surface area contributed by atoms with E-state index >= 15 is 0 Å². The summed E-state index contributed by atoms with van der Waals surface area (Å²) in [5.41, 5.74) is 1.88. The number of aromatic nitrogens is 2. The standard InChI is InChI=1S/C11H11ClN2O2/c1-7-3-2-6-14-8(4-5-9(15)16)13-11(12)10(7)14/h2-3,6H,4-5H2,1H3,(H,15,16). The van der Waals surface area contributed by atoms with Gasteiger partial charge in [-0.1, -0.05) is 17.7 Å². The van der Waals surface area contributed by atoms with E-state index in [1.54, 1.807) is 0 Å². The maximum Gasteiger partial charge on any atom is 0.303 e. The van der Waals surface area contributed by atoms with Crippen molar-refractivity contribution in [1.82, 2.24) is 9.38 Å². The molecule has 0 radical (unpaired) electrons. The number of fused-ring (bicyclic) bond motifs is 1. The minimum Gasteiger partial charge on any atom is -0.481 e. The second-order valence-corrected chi connectivity index (χ2v) is 3.98. The maximum absolute atomic E-state index is 10.5. The molecule has 0 aliphatic rings. The van der Waals surface area contributed by atoms with Crippen molar-refractivity contribution in [3.8, 4) is 0 Å². The predicted molar refractivity (Wildman–Crippen MR) is 60.9 cm³/mol. The second kappa shape index (κ2) is 4.14. The summed E-state index contributed by atoms with van der Waals surface area (Å²) in [5.74, 6) is -0.147. The van der Waals surface area contributed by atoms with E-state index in [0.717, 1.165) is 11.1 Å². The molecule has 0 unspecified atom stereocenters. The Balaban J connectivity index is 2.47. The van der Waals surface area contributed by atoms with E-state index in [0.29, 0.717) is 17.4 Å². The van der Waals surface area contributed by atoms with Crippen molar-refractivity contribution in [1.29, 1.82) is 0 Å². The number of hydrogen-bond acceptors (Lipinski definition) is 2. The molecule has 0 aliphatic carbocycles. The van der Waals surface area contributed by atoms with Gasteiger partial charge in [-0.15, -0.1) is 0 Å².